The predicted molar refractivity (Wildman–Crippen MR) is 72.1 cm³/mol. The minimum Gasteiger partial charge on any atom is -0.465 e. The molecule has 102 valence electrons. The Hall–Kier alpha value is -2.69. The molecule has 0 atom stereocenters. The third kappa shape index (κ3) is 2.83. The van der Waals surface area contributed by atoms with Gasteiger partial charge in [-0.2, -0.15) is 0 Å². The molecule has 1 N–H and O–H groups in total. The first-order valence-electron chi connectivity index (χ1n) is 5.86. The van der Waals surface area contributed by atoms with Gasteiger partial charge >= 0.3 is 5.97 Å². The number of benzene rings is 2. The van der Waals surface area contributed by atoms with Crippen LogP contribution in [-0.4, -0.2) is 19.0 Å². The average molecular weight is 273 g/mol. The van der Waals surface area contributed by atoms with E-state index in [0.717, 1.165) is 0 Å². The second-order valence-corrected chi connectivity index (χ2v) is 3.97. The second kappa shape index (κ2) is 5.97. The molecule has 0 aliphatic heterocycles. The van der Waals surface area contributed by atoms with Gasteiger partial charge in [-0.25, -0.2) is 9.18 Å². The van der Waals surface area contributed by atoms with Gasteiger partial charge in [0.25, 0.3) is 5.91 Å². The molecule has 2 aromatic rings. The lowest BCUT2D eigenvalue weighted by molar-refractivity contribution is 0.0597. The summed E-state index contributed by atoms with van der Waals surface area (Å²) in [5, 5.41) is 2.42. The molecule has 0 fully saturated rings. The fourth-order valence-electron chi connectivity index (χ4n) is 1.72. The van der Waals surface area contributed by atoms with Crippen LogP contribution in [0.3, 0.4) is 0 Å². The summed E-state index contributed by atoms with van der Waals surface area (Å²) < 4.78 is 18.1. The van der Waals surface area contributed by atoms with Gasteiger partial charge in [0.05, 0.1) is 23.9 Å². The Kier molecular flexibility index (Phi) is 4.10. The van der Waals surface area contributed by atoms with Crippen LogP contribution in [0, 0.1) is 5.82 Å². The van der Waals surface area contributed by atoms with Crippen molar-refractivity contribution in [2.24, 2.45) is 0 Å². The van der Waals surface area contributed by atoms with Gasteiger partial charge in [0, 0.05) is 0 Å². The van der Waals surface area contributed by atoms with Gasteiger partial charge in [-0.05, 0) is 24.3 Å². The molecule has 0 unspecified atom stereocenters. The average Bonchev–Trinajstić information content (AvgIpc) is 2.48. The Labute approximate surface area is 115 Å². The van der Waals surface area contributed by atoms with Gasteiger partial charge in [0.1, 0.15) is 5.82 Å². The third-order valence-corrected chi connectivity index (χ3v) is 2.70. The molecule has 0 saturated heterocycles. The minimum absolute atomic E-state index is 0.0529. The Bertz CT molecular complexity index is 655. The van der Waals surface area contributed by atoms with Crippen LogP contribution in [0.5, 0.6) is 0 Å². The summed E-state index contributed by atoms with van der Waals surface area (Å²) in [4.78, 5) is 23.7. The molecule has 2 aromatic carbocycles. The number of para-hydroxylation sites is 1. The monoisotopic (exact) mass is 273 g/mol. The van der Waals surface area contributed by atoms with Crippen molar-refractivity contribution in [1.82, 2.24) is 0 Å². The zero-order valence-corrected chi connectivity index (χ0v) is 10.7. The summed E-state index contributed by atoms with van der Waals surface area (Å²) in [5.74, 6) is -1.74. The first-order valence-corrected chi connectivity index (χ1v) is 5.86. The minimum atomic E-state index is -0.621. The summed E-state index contributed by atoms with van der Waals surface area (Å²) in [5.41, 5.74) is 0.309. The van der Waals surface area contributed by atoms with Gasteiger partial charge in [-0.3, -0.25) is 4.79 Å². The van der Waals surface area contributed by atoms with E-state index in [4.69, 9.17) is 0 Å². The topological polar surface area (TPSA) is 55.4 Å². The summed E-state index contributed by atoms with van der Waals surface area (Å²) in [6.07, 6.45) is 0. The van der Waals surface area contributed by atoms with E-state index in [2.05, 4.69) is 10.1 Å². The highest BCUT2D eigenvalue weighted by atomic mass is 19.1. The highest BCUT2D eigenvalue weighted by Crippen LogP contribution is 2.16. The zero-order valence-electron chi connectivity index (χ0n) is 10.7. The quantitative estimate of drug-likeness (QED) is 0.875. The van der Waals surface area contributed by atoms with Crippen LogP contribution in [0.25, 0.3) is 0 Å². The fourth-order valence-corrected chi connectivity index (χ4v) is 1.72. The molecule has 0 aromatic heterocycles. The van der Waals surface area contributed by atoms with Gasteiger partial charge < -0.3 is 10.1 Å². The number of rotatable bonds is 3. The molecule has 2 rings (SSSR count). The second-order valence-electron chi connectivity index (χ2n) is 3.97. The van der Waals surface area contributed by atoms with E-state index in [9.17, 15) is 14.0 Å². The highest BCUT2D eigenvalue weighted by molar-refractivity contribution is 6.11. The van der Waals surface area contributed by atoms with Gasteiger partial charge in [0.2, 0.25) is 0 Å². The van der Waals surface area contributed by atoms with E-state index in [-0.39, 0.29) is 16.8 Å². The van der Waals surface area contributed by atoms with Crippen LogP contribution in [-0.2, 0) is 4.74 Å². The van der Waals surface area contributed by atoms with Gasteiger partial charge in [-0.15, -0.1) is 0 Å². The molecule has 4 nitrogen and oxygen atoms in total. The van der Waals surface area contributed by atoms with Crippen molar-refractivity contribution in [3.05, 3.63) is 65.5 Å². The maximum Gasteiger partial charge on any atom is 0.338 e. The number of carbonyl (C=O) groups is 2. The summed E-state index contributed by atoms with van der Waals surface area (Å²) in [6, 6.07) is 12.0. The summed E-state index contributed by atoms with van der Waals surface area (Å²) in [7, 11) is 1.23. The number of nitrogens with one attached hydrogen (secondary N) is 1. The lowest BCUT2D eigenvalue weighted by Crippen LogP contribution is -2.17. The molecular formula is C15H12FNO3. The Morgan fingerprint density at radius 3 is 2.25 bits per heavy atom. The first-order chi connectivity index (χ1) is 9.63. The summed E-state index contributed by atoms with van der Waals surface area (Å²) in [6.45, 7) is 0. The Morgan fingerprint density at radius 2 is 1.60 bits per heavy atom. The normalized spacial score (nSPS) is 9.90. The van der Waals surface area contributed by atoms with Crippen LogP contribution in [0.2, 0.25) is 0 Å². The number of methoxy groups -OCH3 is 1. The van der Waals surface area contributed by atoms with E-state index in [1.54, 1.807) is 18.2 Å². The molecule has 0 spiro atoms. The Balaban J connectivity index is 2.31. The van der Waals surface area contributed by atoms with Crippen molar-refractivity contribution >= 4 is 17.6 Å². The lowest BCUT2D eigenvalue weighted by atomic mass is 10.1. The number of amides is 1. The molecule has 0 radical (unpaired) electrons. The molecular weight excluding hydrogens is 261 g/mol. The van der Waals surface area contributed by atoms with Crippen LogP contribution in [0.4, 0.5) is 10.1 Å². The van der Waals surface area contributed by atoms with E-state index < -0.39 is 17.7 Å². The van der Waals surface area contributed by atoms with Crippen molar-refractivity contribution in [3.63, 3.8) is 0 Å². The molecule has 0 bridgehead atoms. The van der Waals surface area contributed by atoms with E-state index in [0.29, 0.717) is 0 Å². The van der Waals surface area contributed by atoms with Crippen molar-refractivity contribution in [3.8, 4) is 0 Å². The van der Waals surface area contributed by atoms with Crippen molar-refractivity contribution in [2.45, 2.75) is 0 Å². The largest absolute Gasteiger partial charge is 0.465 e. The standard InChI is InChI=1S/C15H12FNO3/c1-20-15(19)11-7-3-2-6-10(11)14(18)17-13-9-5-4-8-12(13)16/h2-9H,1H3,(H,17,18). The van der Waals surface area contributed by atoms with E-state index in [1.807, 2.05) is 0 Å². The van der Waals surface area contributed by atoms with Crippen LogP contribution in [0.15, 0.2) is 48.5 Å². The molecule has 0 aliphatic rings. The van der Waals surface area contributed by atoms with Gasteiger partial charge in [-0.1, -0.05) is 24.3 Å². The predicted octanol–water partition coefficient (Wildman–Crippen LogP) is 2.86. The molecule has 5 heteroatoms. The van der Waals surface area contributed by atoms with Crippen molar-refractivity contribution < 1.29 is 18.7 Å². The zero-order chi connectivity index (χ0) is 14.5. The summed E-state index contributed by atoms with van der Waals surface area (Å²) >= 11 is 0. The highest BCUT2D eigenvalue weighted by Gasteiger charge is 2.17. The maximum atomic E-state index is 13.5. The SMILES string of the molecule is COC(=O)c1ccccc1C(=O)Nc1ccccc1F. The molecule has 1 amide bonds. The molecule has 0 heterocycles. The van der Waals surface area contributed by atoms with Gasteiger partial charge in [0.15, 0.2) is 0 Å². The third-order valence-electron chi connectivity index (χ3n) is 2.70. The lowest BCUT2D eigenvalue weighted by Gasteiger charge is -2.09. The van der Waals surface area contributed by atoms with E-state index in [1.165, 1.54) is 37.4 Å². The number of anilines is 1. The fraction of sp³-hybridized carbons (Fsp3) is 0.0667. The maximum absolute atomic E-state index is 13.5. The number of carbonyl (C=O) groups excluding carboxylic acids is 2. The smallest absolute Gasteiger partial charge is 0.338 e. The van der Waals surface area contributed by atoms with Crippen LogP contribution < -0.4 is 5.32 Å². The number of esters is 1. The van der Waals surface area contributed by atoms with Crippen LogP contribution in [0.1, 0.15) is 20.7 Å². The van der Waals surface area contributed by atoms with Crippen LogP contribution >= 0.6 is 0 Å². The molecule has 0 aliphatic carbocycles. The van der Waals surface area contributed by atoms with Crippen molar-refractivity contribution in [1.29, 1.82) is 0 Å². The Morgan fingerprint density at radius 1 is 1.00 bits per heavy atom. The first kappa shape index (κ1) is 13.7. The molecule has 20 heavy (non-hydrogen) atoms. The van der Waals surface area contributed by atoms with Crippen molar-refractivity contribution in [2.75, 3.05) is 12.4 Å². The van der Waals surface area contributed by atoms with E-state index >= 15 is 0 Å². The number of halogens is 1. The number of ether oxygens (including phenoxy) is 1. The number of hydrogen-bond donors (Lipinski definition) is 1. The molecule has 0 saturated carbocycles. The number of hydrogen-bond acceptors (Lipinski definition) is 3.